The van der Waals surface area contributed by atoms with Crippen LogP contribution in [0.25, 0.3) is 0 Å². The van der Waals surface area contributed by atoms with Crippen molar-refractivity contribution in [3.8, 4) is 0 Å². The number of nitrogens with one attached hydrogen (secondary N) is 1. The molecule has 1 aromatic carbocycles. The normalized spacial score (nSPS) is 16.9. The third-order valence-corrected chi connectivity index (χ3v) is 4.95. The molecule has 0 atom stereocenters. The smallest absolute Gasteiger partial charge is 0.244 e. The zero-order valence-corrected chi connectivity index (χ0v) is 15.8. The quantitative estimate of drug-likeness (QED) is 0.776. The Morgan fingerprint density at radius 3 is 2.30 bits per heavy atom. The van der Waals surface area contributed by atoms with Crippen LogP contribution in [-0.4, -0.2) is 41.6 Å². The van der Waals surface area contributed by atoms with Crippen LogP contribution in [0.4, 0.5) is 11.4 Å². The predicted octanol–water partition coefficient (Wildman–Crippen LogP) is 2.10. The van der Waals surface area contributed by atoms with Crippen LogP contribution in [0.1, 0.15) is 45.1 Å². The molecule has 0 radical (unpaired) electrons. The fraction of sp³-hybridized carbons (Fsp3) is 0.500. The summed E-state index contributed by atoms with van der Waals surface area (Å²) in [4.78, 5) is 50.6. The van der Waals surface area contributed by atoms with E-state index >= 15 is 0 Å². The van der Waals surface area contributed by atoms with Gasteiger partial charge in [-0.15, -0.1) is 0 Å². The van der Waals surface area contributed by atoms with Crippen molar-refractivity contribution in [2.45, 2.75) is 46.0 Å². The van der Waals surface area contributed by atoms with E-state index in [9.17, 15) is 19.2 Å². The Bertz CT molecular complexity index is 771. The van der Waals surface area contributed by atoms with Crippen molar-refractivity contribution in [3.63, 3.8) is 0 Å². The van der Waals surface area contributed by atoms with E-state index in [0.717, 1.165) is 22.6 Å². The Balaban J connectivity index is 1.68. The Kier molecular flexibility index (Phi) is 5.58. The molecule has 0 saturated carbocycles. The summed E-state index contributed by atoms with van der Waals surface area (Å²) in [5.41, 5.74) is 2.52. The van der Waals surface area contributed by atoms with Crippen molar-refractivity contribution in [2.24, 2.45) is 5.92 Å². The fourth-order valence-corrected chi connectivity index (χ4v) is 3.41. The molecule has 1 N–H and O–H groups in total. The molecular weight excluding hydrogens is 346 g/mol. The van der Waals surface area contributed by atoms with Gasteiger partial charge in [0.05, 0.1) is 0 Å². The number of benzene rings is 1. The molecule has 0 aromatic heterocycles. The summed E-state index contributed by atoms with van der Waals surface area (Å²) < 4.78 is 0. The van der Waals surface area contributed by atoms with Gasteiger partial charge < -0.3 is 10.2 Å². The molecule has 3 rings (SSSR count). The summed E-state index contributed by atoms with van der Waals surface area (Å²) in [5, 5.41) is 2.75. The molecule has 4 amide bonds. The molecule has 144 valence electrons. The second-order valence-corrected chi connectivity index (χ2v) is 7.49. The van der Waals surface area contributed by atoms with Gasteiger partial charge in [-0.1, -0.05) is 13.8 Å². The second kappa shape index (κ2) is 7.90. The minimum Gasteiger partial charge on any atom is -0.325 e. The number of rotatable bonds is 6. The molecule has 0 bridgehead atoms. The zero-order chi connectivity index (χ0) is 19.6. The molecule has 1 saturated heterocycles. The van der Waals surface area contributed by atoms with E-state index in [4.69, 9.17) is 0 Å². The lowest BCUT2D eigenvalue weighted by molar-refractivity contribution is -0.141. The monoisotopic (exact) mass is 371 g/mol. The first-order valence-electron chi connectivity index (χ1n) is 9.41. The SMILES string of the molecule is CC(C)CCN1C(=O)CCc2cc(NC(=O)CN3C(=O)CCC3=O)ccc21. The first kappa shape index (κ1) is 19.1. The molecule has 0 unspecified atom stereocenters. The number of nitrogens with zero attached hydrogens (tertiary/aromatic N) is 2. The number of carbonyl (C=O) groups is 4. The lowest BCUT2D eigenvalue weighted by atomic mass is 9.99. The highest BCUT2D eigenvalue weighted by Crippen LogP contribution is 2.31. The summed E-state index contributed by atoms with van der Waals surface area (Å²) >= 11 is 0. The summed E-state index contributed by atoms with van der Waals surface area (Å²) in [6.45, 7) is 4.69. The number of hydrogen-bond acceptors (Lipinski definition) is 4. The van der Waals surface area contributed by atoms with Crippen LogP contribution in [0.3, 0.4) is 0 Å². The molecule has 0 aliphatic carbocycles. The standard InChI is InChI=1S/C20H25N3O4/c1-13(2)9-10-22-16-5-4-15(11-14(16)3-6-18(22)25)21-17(24)12-23-19(26)7-8-20(23)27/h4-5,11,13H,3,6-10,12H2,1-2H3,(H,21,24). The molecule has 1 fully saturated rings. The van der Waals surface area contributed by atoms with Gasteiger partial charge in [0.1, 0.15) is 6.54 Å². The lowest BCUT2D eigenvalue weighted by Crippen LogP contribution is -2.37. The number of likely N-dealkylation sites (tertiary alicyclic amines) is 1. The highest BCUT2D eigenvalue weighted by Gasteiger charge is 2.30. The minimum atomic E-state index is -0.401. The van der Waals surface area contributed by atoms with Crippen LogP contribution in [0, 0.1) is 5.92 Å². The van der Waals surface area contributed by atoms with Crippen LogP contribution >= 0.6 is 0 Å². The van der Waals surface area contributed by atoms with Gasteiger partial charge in [-0.25, -0.2) is 0 Å². The van der Waals surface area contributed by atoms with Crippen molar-refractivity contribution in [3.05, 3.63) is 23.8 Å². The maximum atomic E-state index is 12.3. The van der Waals surface area contributed by atoms with Crippen molar-refractivity contribution in [1.82, 2.24) is 4.90 Å². The molecule has 2 aliphatic heterocycles. The average molecular weight is 371 g/mol. The Labute approximate surface area is 158 Å². The van der Waals surface area contributed by atoms with Crippen molar-refractivity contribution in [1.29, 1.82) is 0 Å². The van der Waals surface area contributed by atoms with Crippen LogP contribution in [-0.2, 0) is 25.6 Å². The molecule has 1 aromatic rings. The first-order valence-corrected chi connectivity index (χ1v) is 9.41. The lowest BCUT2D eigenvalue weighted by Gasteiger charge is -2.30. The van der Waals surface area contributed by atoms with Gasteiger partial charge in [0.25, 0.3) is 0 Å². The molecular formula is C20H25N3O4. The zero-order valence-electron chi connectivity index (χ0n) is 15.8. The molecule has 2 aliphatic rings. The van der Waals surface area contributed by atoms with Crippen LogP contribution in [0.5, 0.6) is 0 Å². The largest absolute Gasteiger partial charge is 0.325 e. The number of imide groups is 1. The number of aryl methyl sites for hydroxylation is 1. The van der Waals surface area contributed by atoms with E-state index in [1.807, 2.05) is 17.0 Å². The van der Waals surface area contributed by atoms with Gasteiger partial charge >= 0.3 is 0 Å². The van der Waals surface area contributed by atoms with Gasteiger partial charge in [0.15, 0.2) is 0 Å². The number of amides is 4. The van der Waals surface area contributed by atoms with Crippen LogP contribution in [0.2, 0.25) is 0 Å². The highest BCUT2D eigenvalue weighted by molar-refractivity contribution is 6.06. The first-order chi connectivity index (χ1) is 12.8. The van der Waals surface area contributed by atoms with E-state index in [-0.39, 0.29) is 37.1 Å². The van der Waals surface area contributed by atoms with Gasteiger partial charge in [0.2, 0.25) is 23.6 Å². The van der Waals surface area contributed by atoms with E-state index in [0.29, 0.717) is 31.0 Å². The summed E-state index contributed by atoms with van der Waals surface area (Å²) in [7, 11) is 0. The number of fused-ring (bicyclic) bond motifs is 1. The Morgan fingerprint density at radius 2 is 1.63 bits per heavy atom. The van der Waals surface area contributed by atoms with E-state index in [1.54, 1.807) is 6.07 Å². The number of hydrogen-bond donors (Lipinski definition) is 1. The van der Waals surface area contributed by atoms with E-state index in [2.05, 4.69) is 19.2 Å². The third kappa shape index (κ3) is 4.35. The topological polar surface area (TPSA) is 86.8 Å². The maximum Gasteiger partial charge on any atom is 0.244 e. The molecule has 7 nitrogen and oxygen atoms in total. The number of anilines is 2. The van der Waals surface area contributed by atoms with Crippen LogP contribution < -0.4 is 10.2 Å². The summed E-state index contributed by atoms with van der Waals surface area (Å²) in [6.07, 6.45) is 2.37. The average Bonchev–Trinajstić information content (AvgIpc) is 2.92. The van der Waals surface area contributed by atoms with Crippen molar-refractivity contribution >= 4 is 35.0 Å². The van der Waals surface area contributed by atoms with Gasteiger partial charge in [-0.3, -0.25) is 24.1 Å². The third-order valence-electron chi connectivity index (χ3n) is 4.95. The molecule has 27 heavy (non-hydrogen) atoms. The summed E-state index contributed by atoms with van der Waals surface area (Å²) in [5.74, 6) is -0.370. The summed E-state index contributed by atoms with van der Waals surface area (Å²) in [6, 6.07) is 5.48. The highest BCUT2D eigenvalue weighted by atomic mass is 16.2. The Morgan fingerprint density at radius 1 is 1.00 bits per heavy atom. The fourth-order valence-electron chi connectivity index (χ4n) is 3.41. The van der Waals surface area contributed by atoms with E-state index in [1.165, 1.54) is 0 Å². The molecule has 2 heterocycles. The van der Waals surface area contributed by atoms with Crippen molar-refractivity contribution in [2.75, 3.05) is 23.3 Å². The minimum absolute atomic E-state index is 0.131. The molecule has 0 spiro atoms. The molecule has 7 heteroatoms. The maximum absolute atomic E-state index is 12.3. The van der Waals surface area contributed by atoms with Crippen molar-refractivity contribution < 1.29 is 19.2 Å². The van der Waals surface area contributed by atoms with Crippen LogP contribution in [0.15, 0.2) is 18.2 Å². The second-order valence-electron chi connectivity index (χ2n) is 7.49. The number of carbonyl (C=O) groups excluding carboxylic acids is 4. The van der Waals surface area contributed by atoms with Gasteiger partial charge in [-0.05, 0) is 42.5 Å². The van der Waals surface area contributed by atoms with Gasteiger partial charge in [0, 0.05) is 37.2 Å². The van der Waals surface area contributed by atoms with E-state index < -0.39 is 5.91 Å². The van der Waals surface area contributed by atoms with Gasteiger partial charge in [-0.2, -0.15) is 0 Å². The Hall–Kier alpha value is -2.70. The predicted molar refractivity (Wildman–Crippen MR) is 101 cm³/mol.